The van der Waals surface area contributed by atoms with Gasteiger partial charge in [0.1, 0.15) is 5.54 Å². The van der Waals surface area contributed by atoms with Gasteiger partial charge in [0, 0.05) is 7.05 Å². The van der Waals surface area contributed by atoms with Crippen LogP contribution in [0.1, 0.15) is 19.4 Å². The molecule has 1 fully saturated rings. The first-order valence-corrected chi connectivity index (χ1v) is 5.54. The van der Waals surface area contributed by atoms with Gasteiger partial charge in [-0.15, -0.1) is 0 Å². The highest BCUT2D eigenvalue weighted by Crippen LogP contribution is 2.30. The first-order valence-electron chi connectivity index (χ1n) is 5.54. The minimum Gasteiger partial charge on any atom is -0.313 e. The van der Waals surface area contributed by atoms with Crippen LogP contribution in [0.2, 0.25) is 0 Å². The second kappa shape index (κ2) is 3.58. The van der Waals surface area contributed by atoms with Crippen LogP contribution in [-0.4, -0.2) is 29.4 Å². The van der Waals surface area contributed by atoms with Crippen LogP contribution in [0.25, 0.3) is 0 Å². The van der Waals surface area contributed by atoms with Gasteiger partial charge in [0.15, 0.2) is 0 Å². The second-order valence-electron chi connectivity index (χ2n) is 4.88. The number of rotatable bonds is 1. The molecule has 0 aromatic heterocycles. The van der Waals surface area contributed by atoms with E-state index in [0.717, 1.165) is 5.56 Å². The van der Waals surface area contributed by atoms with Crippen molar-refractivity contribution in [3.63, 3.8) is 0 Å². The van der Waals surface area contributed by atoms with Crippen molar-refractivity contribution in [2.24, 2.45) is 0 Å². The number of anilines is 1. The highest BCUT2D eigenvalue weighted by Gasteiger charge is 2.49. The van der Waals surface area contributed by atoms with Crippen LogP contribution in [0.3, 0.4) is 0 Å². The van der Waals surface area contributed by atoms with Crippen molar-refractivity contribution >= 4 is 17.6 Å². The number of imide groups is 1. The number of hydrogen-bond acceptors (Lipinski definition) is 2. The number of aryl methyl sites for hydroxylation is 1. The normalized spacial score (nSPS) is 19.1. The van der Waals surface area contributed by atoms with E-state index in [1.54, 1.807) is 33.0 Å². The molecule has 0 unspecified atom stereocenters. The van der Waals surface area contributed by atoms with Crippen molar-refractivity contribution < 1.29 is 9.59 Å². The standard InChI is InChI=1S/C13H16N2O2/c1-9-5-7-10(8-6-9)15-11(16)13(2,3)14(4)12(15)17/h5-8H,1-4H3. The molecule has 0 saturated carbocycles. The SMILES string of the molecule is Cc1ccc(N2C(=O)N(C)C(C)(C)C2=O)cc1. The van der Waals surface area contributed by atoms with Crippen molar-refractivity contribution in [3.05, 3.63) is 29.8 Å². The Hall–Kier alpha value is -1.84. The summed E-state index contributed by atoms with van der Waals surface area (Å²) < 4.78 is 0. The van der Waals surface area contributed by atoms with E-state index in [1.807, 2.05) is 19.1 Å². The molecular weight excluding hydrogens is 216 g/mol. The minimum absolute atomic E-state index is 0.186. The highest BCUT2D eigenvalue weighted by atomic mass is 16.2. The van der Waals surface area contributed by atoms with Gasteiger partial charge < -0.3 is 4.90 Å². The number of benzene rings is 1. The summed E-state index contributed by atoms with van der Waals surface area (Å²) in [7, 11) is 1.65. The van der Waals surface area contributed by atoms with Crippen LogP contribution in [0.4, 0.5) is 10.5 Å². The smallest absolute Gasteiger partial charge is 0.313 e. The molecule has 2 rings (SSSR count). The predicted molar refractivity (Wildman–Crippen MR) is 65.9 cm³/mol. The Morgan fingerprint density at radius 3 is 2.00 bits per heavy atom. The summed E-state index contributed by atoms with van der Waals surface area (Å²) in [5.74, 6) is -0.186. The number of carbonyl (C=O) groups is 2. The number of amides is 3. The number of carbonyl (C=O) groups excluding carboxylic acids is 2. The van der Waals surface area contributed by atoms with Gasteiger partial charge in [-0.2, -0.15) is 0 Å². The van der Waals surface area contributed by atoms with Gasteiger partial charge in [-0.05, 0) is 32.9 Å². The van der Waals surface area contributed by atoms with Gasteiger partial charge in [0.2, 0.25) is 0 Å². The summed E-state index contributed by atoms with van der Waals surface area (Å²) in [6, 6.07) is 7.09. The fourth-order valence-electron chi connectivity index (χ4n) is 1.81. The quantitative estimate of drug-likeness (QED) is 0.696. The molecule has 17 heavy (non-hydrogen) atoms. The minimum atomic E-state index is -0.776. The molecule has 4 nitrogen and oxygen atoms in total. The van der Waals surface area contributed by atoms with Crippen molar-refractivity contribution in [1.82, 2.24) is 4.90 Å². The third-order valence-electron chi connectivity index (χ3n) is 3.34. The molecule has 1 aromatic rings. The Bertz CT molecular complexity index is 477. The lowest BCUT2D eigenvalue weighted by molar-refractivity contribution is -0.123. The Morgan fingerprint density at radius 1 is 1.06 bits per heavy atom. The van der Waals surface area contributed by atoms with E-state index in [9.17, 15) is 9.59 Å². The molecule has 4 heteroatoms. The van der Waals surface area contributed by atoms with Gasteiger partial charge in [-0.25, -0.2) is 9.69 Å². The molecule has 3 amide bonds. The molecule has 1 saturated heterocycles. The summed E-state index contributed by atoms with van der Waals surface area (Å²) in [4.78, 5) is 26.9. The van der Waals surface area contributed by atoms with E-state index in [1.165, 1.54) is 9.80 Å². The first-order chi connectivity index (χ1) is 7.85. The third kappa shape index (κ3) is 1.60. The summed E-state index contributed by atoms with van der Waals surface area (Å²) in [5.41, 5.74) is 0.950. The monoisotopic (exact) mass is 232 g/mol. The summed E-state index contributed by atoms with van der Waals surface area (Å²) in [6.07, 6.45) is 0. The van der Waals surface area contributed by atoms with Gasteiger partial charge in [0.05, 0.1) is 5.69 Å². The summed E-state index contributed by atoms with van der Waals surface area (Å²) in [5, 5.41) is 0. The molecule has 0 aliphatic carbocycles. The van der Waals surface area contributed by atoms with Crippen LogP contribution >= 0.6 is 0 Å². The number of likely N-dealkylation sites (N-methyl/N-ethyl adjacent to an activating group) is 1. The topological polar surface area (TPSA) is 40.6 Å². The van der Waals surface area contributed by atoms with Crippen LogP contribution in [0.5, 0.6) is 0 Å². The van der Waals surface area contributed by atoms with Crippen LogP contribution in [-0.2, 0) is 4.79 Å². The molecular formula is C13H16N2O2. The van der Waals surface area contributed by atoms with Crippen LogP contribution in [0.15, 0.2) is 24.3 Å². The lowest BCUT2D eigenvalue weighted by Gasteiger charge is -2.22. The molecule has 1 aliphatic heterocycles. The second-order valence-corrected chi connectivity index (χ2v) is 4.88. The first kappa shape index (κ1) is 11.6. The Balaban J connectivity index is 2.44. The molecule has 0 radical (unpaired) electrons. The average Bonchev–Trinajstić information content (AvgIpc) is 2.43. The van der Waals surface area contributed by atoms with E-state index in [2.05, 4.69) is 0 Å². The maximum Gasteiger partial charge on any atom is 0.332 e. The molecule has 1 aliphatic rings. The zero-order valence-corrected chi connectivity index (χ0v) is 10.5. The Labute approximate surface area is 101 Å². The van der Waals surface area contributed by atoms with Crippen molar-refractivity contribution in [2.45, 2.75) is 26.3 Å². The van der Waals surface area contributed by atoms with E-state index in [4.69, 9.17) is 0 Å². The van der Waals surface area contributed by atoms with E-state index in [-0.39, 0.29) is 11.9 Å². The van der Waals surface area contributed by atoms with Gasteiger partial charge >= 0.3 is 6.03 Å². The van der Waals surface area contributed by atoms with E-state index >= 15 is 0 Å². The molecule has 0 N–H and O–H groups in total. The molecule has 0 spiro atoms. The van der Waals surface area contributed by atoms with E-state index in [0.29, 0.717) is 5.69 Å². The molecule has 1 heterocycles. The van der Waals surface area contributed by atoms with Crippen LogP contribution < -0.4 is 4.90 Å². The Kier molecular flexibility index (Phi) is 2.45. The predicted octanol–water partition coefficient (Wildman–Crippen LogP) is 2.17. The fraction of sp³-hybridized carbons (Fsp3) is 0.385. The van der Waals surface area contributed by atoms with Crippen LogP contribution in [0, 0.1) is 6.92 Å². The molecule has 90 valence electrons. The summed E-state index contributed by atoms with van der Waals surface area (Å²) >= 11 is 0. The lowest BCUT2D eigenvalue weighted by Crippen LogP contribution is -2.41. The van der Waals surface area contributed by atoms with Crippen molar-refractivity contribution in [1.29, 1.82) is 0 Å². The lowest BCUT2D eigenvalue weighted by atomic mass is 10.0. The zero-order valence-electron chi connectivity index (χ0n) is 10.5. The third-order valence-corrected chi connectivity index (χ3v) is 3.34. The molecule has 0 bridgehead atoms. The average molecular weight is 232 g/mol. The van der Waals surface area contributed by atoms with Gasteiger partial charge in [-0.3, -0.25) is 4.79 Å². The number of hydrogen-bond donors (Lipinski definition) is 0. The highest BCUT2D eigenvalue weighted by molar-refractivity contribution is 6.22. The van der Waals surface area contributed by atoms with Crippen molar-refractivity contribution in [3.8, 4) is 0 Å². The molecule has 0 atom stereocenters. The fourth-order valence-corrected chi connectivity index (χ4v) is 1.81. The summed E-state index contributed by atoms with van der Waals surface area (Å²) in [6.45, 7) is 5.47. The number of nitrogens with zero attached hydrogens (tertiary/aromatic N) is 2. The Morgan fingerprint density at radius 2 is 1.59 bits per heavy atom. The van der Waals surface area contributed by atoms with E-state index < -0.39 is 5.54 Å². The maximum absolute atomic E-state index is 12.2. The maximum atomic E-state index is 12.2. The van der Waals surface area contributed by atoms with Gasteiger partial charge in [0.25, 0.3) is 5.91 Å². The largest absolute Gasteiger partial charge is 0.332 e. The van der Waals surface area contributed by atoms with Crippen molar-refractivity contribution in [2.75, 3.05) is 11.9 Å². The number of urea groups is 1. The van der Waals surface area contributed by atoms with Gasteiger partial charge in [-0.1, -0.05) is 17.7 Å². The molecule has 1 aromatic carbocycles. The zero-order chi connectivity index (χ0) is 12.8.